The van der Waals surface area contributed by atoms with E-state index >= 15 is 0 Å². The lowest BCUT2D eigenvalue weighted by molar-refractivity contribution is 0.268. The van der Waals surface area contributed by atoms with Gasteiger partial charge in [0, 0.05) is 16.6 Å². The van der Waals surface area contributed by atoms with Crippen LogP contribution in [0, 0.1) is 5.92 Å². The lowest BCUT2D eigenvalue weighted by Gasteiger charge is -2.31. The van der Waals surface area contributed by atoms with Crippen LogP contribution >= 0.6 is 15.9 Å². The molecule has 0 aromatic heterocycles. The first-order valence-electron chi connectivity index (χ1n) is 7.19. The highest BCUT2D eigenvalue weighted by Gasteiger charge is 2.21. The second-order valence-corrected chi connectivity index (χ2v) is 6.45. The number of halogens is 1. The van der Waals surface area contributed by atoms with Gasteiger partial charge in [0.15, 0.2) is 0 Å². The minimum atomic E-state index is 0.414. The Kier molecular flexibility index (Phi) is 5.25. The number of rotatable bonds is 4. The summed E-state index contributed by atoms with van der Waals surface area (Å²) < 4.78 is 1.21. The van der Waals surface area contributed by atoms with Gasteiger partial charge in [-0.1, -0.05) is 53.4 Å². The monoisotopic (exact) mass is 309 g/mol. The predicted octanol–water partition coefficient (Wildman–Crippen LogP) is 5.07. The van der Waals surface area contributed by atoms with E-state index in [1.807, 2.05) is 0 Å². The van der Waals surface area contributed by atoms with Gasteiger partial charge in [-0.05, 0) is 44.2 Å². The molecular weight excluding hydrogens is 286 g/mol. The molecule has 1 aromatic rings. The molecule has 100 valence electrons. The average Bonchev–Trinajstić information content (AvgIpc) is 2.40. The third kappa shape index (κ3) is 3.58. The summed E-state index contributed by atoms with van der Waals surface area (Å²) in [6.45, 7) is 4.61. The maximum Gasteiger partial charge on any atom is 0.0305 e. The van der Waals surface area contributed by atoms with E-state index in [4.69, 9.17) is 0 Å². The maximum atomic E-state index is 3.78. The summed E-state index contributed by atoms with van der Waals surface area (Å²) in [4.78, 5) is 0. The molecule has 1 aliphatic rings. The Balaban J connectivity index is 1.94. The summed E-state index contributed by atoms with van der Waals surface area (Å²) in [6, 6.07) is 9.55. The molecule has 1 saturated carbocycles. The molecule has 1 unspecified atom stereocenters. The normalized spacial score (nSPS) is 20.6. The molecule has 2 rings (SSSR count). The van der Waals surface area contributed by atoms with Gasteiger partial charge >= 0.3 is 0 Å². The minimum absolute atomic E-state index is 0.414. The van der Waals surface area contributed by atoms with Crippen molar-refractivity contribution in [3.05, 3.63) is 34.3 Å². The topological polar surface area (TPSA) is 12.0 Å². The zero-order valence-electron chi connectivity index (χ0n) is 11.5. The number of benzene rings is 1. The van der Waals surface area contributed by atoms with Gasteiger partial charge in [0.2, 0.25) is 0 Å². The molecule has 0 heterocycles. The van der Waals surface area contributed by atoms with Gasteiger partial charge in [-0.25, -0.2) is 0 Å². The van der Waals surface area contributed by atoms with Crippen LogP contribution < -0.4 is 5.32 Å². The predicted molar refractivity (Wildman–Crippen MR) is 81.7 cm³/mol. The number of hydrogen-bond donors (Lipinski definition) is 1. The molecule has 2 atom stereocenters. The molecular formula is C16H24BrN. The molecule has 1 nitrogen and oxygen atoms in total. The highest BCUT2D eigenvalue weighted by atomic mass is 79.9. The lowest BCUT2D eigenvalue weighted by atomic mass is 9.84. The molecule has 18 heavy (non-hydrogen) atoms. The number of hydrogen-bond acceptors (Lipinski definition) is 1. The van der Waals surface area contributed by atoms with E-state index in [9.17, 15) is 0 Å². The van der Waals surface area contributed by atoms with E-state index in [1.54, 1.807) is 0 Å². The molecule has 1 aliphatic carbocycles. The smallest absolute Gasteiger partial charge is 0.0305 e. The van der Waals surface area contributed by atoms with E-state index < -0.39 is 0 Å². The molecule has 0 spiro atoms. The SMILES string of the molecule is CC(N[C@H](C)C1CCCCC1)c1ccccc1Br. The quantitative estimate of drug-likeness (QED) is 0.819. The molecule has 0 aliphatic heterocycles. The van der Waals surface area contributed by atoms with Crippen molar-refractivity contribution >= 4 is 15.9 Å². The molecule has 1 fully saturated rings. The average molecular weight is 310 g/mol. The van der Waals surface area contributed by atoms with E-state index in [0.717, 1.165) is 5.92 Å². The van der Waals surface area contributed by atoms with E-state index in [0.29, 0.717) is 12.1 Å². The highest BCUT2D eigenvalue weighted by molar-refractivity contribution is 9.10. The molecule has 0 saturated heterocycles. The third-order valence-corrected chi connectivity index (χ3v) is 4.96. The van der Waals surface area contributed by atoms with Crippen LogP contribution in [0.25, 0.3) is 0 Å². The first-order chi connectivity index (χ1) is 8.68. The van der Waals surface area contributed by atoms with Crippen LogP contribution in [-0.2, 0) is 0 Å². The van der Waals surface area contributed by atoms with Gasteiger partial charge in [0.25, 0.3) is 0 Å². The van der Waals surface area contributed by atoms with Gasteiger partial charge < -0.3 is 5.32 Å². The van der Waals surface area contributed by atoms with Crippen molar-refractivity contribution < 1.29 is 0 Å². The molecule has 0 radical (unpaired) electrons. The summed E-state index contributed by atoms with van der Waals surface area (Å²) in [6.07, 6.45) is 7.07. The van der Waals surface area contributed by atoms with Crippen molar-refractivity contribution in [3.63, 3.8) is 0 Å². The Bertz CT molecular complexity index is 371. The Morgan fingerprint density at radius 2 is 1.78 bits per heavy atom. The van der Waals surface area contributed by atoms with Crippen LogP contribution in [0.15, 0.2) is 28.7 Å². The van der Waals surface area contributed by atoms with Crippen LogP contribution in [0.2, 0.25) is 0 Å². The molecule has 0 amide bonds. The fraction of sp³-hybridized carbons (Fsp3) is 0.625. The van der Waals surface area contributed by atoms with Crippen LogP contribution in [0.4, 0.5) is 0 Å². The Morgan fingerprint density at radius 3 is 2.44 bits per heavy atom. The Labute approximate surface area is 119 Å². The second-order valence-electron chi connectivity index (χ2n) is 5.60. The highest BCUT2D eigenvalue weighted by Crippen LogP contribution is 2.29. The largest absolute Gasteiger partial charge is 0.307 e. The van der Waals surface area contributed by atoms with E-state index in [-0.39, 0.29) is 0 Å². The van der Waals surface area contributed by atoms with Gasteiger partial charge in [-0.15, -0.1) is 0 Å². The Hall–Kier alpha value is -0.340. The number of nitrogens with one attached hydrogen (secondary N) is 1. The first-order valence-corrected chi connectivity index (χ1v) is 7.98. The molecule has 2 heteroatoms. The van der Waals surface area contributed by atoms with Crippen molar-refractivity contribution in [3.8, 4) is 0 Å². The van der Waals surface area contributed by atoms with Crippen LogP contribution in [0.3, 0.4) is 0 Å². The summed E-state index contributed by atoms with van der Waals surface area (Å²) in [5.41, 5.74) is 1.36. The van der Waals surface area contributed by atoms with Crippen LogP contribution in [-0.4, -0.2) is 6.04 Å². The van der Waals surface area contributed by atoms with Gasteiger partial charge in [0.1, 0.15) is 0 Å². The third-order valence-electron chi connectivity index (χ3n) is 4.24. The summed E-state index contributed by atoms with van der Waals surface area (Å²) in [5, 5.41) is 3.78. The molecule has 1 N–H and O–H groups in total. The minimum Gasteiger partial charge on any atom is -0.307 e. The van der Waals surface area contributed by atoms with E-state index in [2.05, 4.69) is 59.4 Å². The van der Waals surface area contributed by atoms with Crippen molar-refractivity contribution in [1.82, 2.24) is 5.32 Å². The van der Waals surface area contributed by atoms with Crippen LogP contribution in [0.5, 0.6) is 0 Å². The van der Waals surface area contributed by atoms with Crippen molar-refractivity contribution in [1.29, 1.82) is 0 Å². The van der Waals surface area contributed by atoms with Crippen molar-refractivity contribution in [2.45, 2.75) is 58.0 Å². The van der Waals surface area contributed by atoms with Gasteiger partial charge in [0.05, 0.1) is 0 Å². The van der Waals surface area contributed by atoms with Crippen molar-refractivity contribution in [2.75, 3.05) is 0 Å². The summed E-state index contributed by atoms with van der Waals surface area (Å²) >= 11 is 3.64. The van der Waals surface area contributed by atoms with E-state index in [1.165, 1.54) is 42.1 Å². The Morgan fingerprint density at radius 1 is 1.11 bits per heavy atom. The summed E-state index contributed by atoms with van der Waals surface area (Å²) in [7, 11) is 0. The first kappa shape index (κ1) is 14.1. The zero-order valence-corrected chi connectivity index (χ0v) is 13.0. The molecule has 0 bridgehead atoms. The van der Waals surface area contributed by atoms with Gasteiger partial charge in [-0.2, -0.15) is 0 Å². The standard InChI is InChI=1S/C16H24BrN/c1-12(14-8-4-3-5-9-14)18-13(2)15-10-6-7-11-16(15)17/h6-7,10-14,18H,3-5,8-9H2,1-2H3/t12-,13?/m1/s1. The molecule has 1 aromatic carbocycles. The fourth-order valence-electron chi connectivity index (χ4n) is 3.08. The van der Waals surface area contributed by atoms with Gasteiger partial charge in [-0.3, -0.25) is 0 Å². The van der Waals surface area contributed by atoms with Crippen molar-refractivity contribution in [2.24, 2.45) is 5.92 Å². The lowest BCUT2D eigenvalue weighted by Crippen LogP contribution is -2.36. The maximum absolute atomic E-state index is 3.78. The fourth-order valence-corrected chi connectivity index (χ4v) is 3.71. The zero-order chi connectivity index (χ0) is 13.0. The second kappa shape index (κ2) is 6.72. The summed E-state index contributed by atoms with van der Waals surface area (Å²) in [5.74, 6) is 0.865. The van der Waals surface area contributed by atoms with Crippen LogP contribution in [0.1, 0.15) is 57.6 Å².